The van der Waals surface area contributed by atoms with Gasteiger partial charge in [0.15, 0.2) is 5.76 Å². The second-order valence-corrected chi connectivity index (χ2v) is 6.84. The fourth-order valence-electron chi connectivity index (χ4n) is 2.05. The molecular formula is C19H27ClN2O3. The number of aliphatic hydroxyl groups excluding tert-OH is 1. The molecule has 0 saturated carbocycles. The molecule has 0 aliphatic carbocycles. The van der Waals surface area contributed by atoms with Crippen molar-refractivity contribution in [2.45, 2.75) is 39.3 Å². The van der Waals surface area contributed by atoms with Crippen LogP contribution in [0, 0.1) is 6.92 Å². The van der Waals surface area contributed by atoms with Gasteiger partial charge in [0.2, 0.25) is 0 Å². The summed E-state index contributed by atoms with van der Waals surface area (Å²) in [6, 6.07) is 9.55. The number of hydrogen-bond donors (Lipinski definition) is 2. The highest BCUT2D eigenvalue weighted by Crippen LogP contribution is 2.21. The van der Waals surface area contributed by atoms with E-state index in [-0.39, 0.29) is 24.6 Å². The molecule has 0 saturated heterocycles. The lowest BCUT2D eigenvalue weighted by atomic mass is 10.1. The summed E-state index contributed by atoms with van der Waals surface area (Å²) in [4.78, 5) is 0. The average Bonchev–Trinajstić information content (AvgIpc) is 2.94. The van der Waals surface area contributed by atoms with Crippen LogP contribution in [0.15, 0.2) is 34.9 Å². The Hall–Kier alpha value is -1.82. The Balaban J connectivity index is 0.00000312. The Kier molecular flexibility index (Phi) is 8.16. The normalized spacial score (nSPS) is 12.8. The van der Waals surface area contributed by atoms with E-state index >= 15 is 0 Å². The number of rotatable bonds is 7. The van der Waals surface area contributed by atoms with Crippen LogP contribution in [-0.4, -0.2) is 35.1 Å². The molecule has 25 heavy (non-hydrogen) atoms. The third-order valence-corrected chi connectivity index (χ3v) is 3.29. The average molecular weight is 367 g/mol. The van der Waals surface area contributed by atoms with Gasteiger partial charge < -0.3 is 19.7 Å². The molecule has 0 radical (unpaired) electrons. The van der Waals surface area contributed by atoms with E-state index in [1.54, 1.807) is 0 Å². The lowest BCUT2D eigenvalue weighted by molar-refractivity contribution is 0.0999. The molecule has 0 spiro atoms. The molecule has 6 heteroatoms. The van der Waals surface area contributed by atoms with Gasteiger partial charge in [-0.25, -0.2) is 0 Å². The van der Waals surface area contributed by atoms with E-state index in [1.807, 2.05) is 49.4 Å². The minimum absolute atomic E-state index is 0. The quantitative estimate of drug-likeness (QED) is 0.782. The van der Waals surface area contributed by atoms with Crippen LogP contribution in [0.3, 0.4) is 0 Å². The van der Waals surface area contributed by atoms with Crippen molar-refractivity contribution < 1.29 is 14.4 Å². The number of ether oxygens (including phenoxy) is 1. The molecule has 0 amide bonds. The smallest absolute Gasteiger partial charge is 0.159 e. The third kappa shape index (κ3) is 7.73. The van der Waals surface area contributed by atoms with Crippen molar-refractivity contribution in [3.63, 3.8) is 0 Å². The van der Waals surface area contributed by atoms with Crippen molar-refractivity contribution in [2.75, 3.05) is 13.2 Å². The highest BCUT2D eigenvalue weighted by Gasteiger charge is 2.13. The van der Waals surface area contributed by atoms with Gasteiger partial charge in [-0.05, 0) is 45.9 Å². The number of nitrogens with one attached hydrogen (secondary N) is 1. The topological polar surface area (TPSA) is 67.5 Å². The van der Waals surface area contributed by atoms with Gasteiger partial charge in [0.05, 0.1) is 5.69 Å². The Morgan fingerprint density at radius 3 is 2.64 bits per heavy atom. The van der Waals surface area contributed by atoms with Gasteiger partial charge in [-0.2, -0.15) is 0 Å². The van der Waals surface area contributed by atoms with Crippen LogP contribution < -0.4 is 10.1 Å². The van der Waals surface area contributed by atoms with Crippen molar-refractivity contribution in [2.24, 2.45) is 0 Å². The molecule has 0 aliphatic heterocycles. The maximum atomic E-state index is 10.0. The molecule has 1 atom stereocenters. The number of nitrogens with zero attached hydrogens (tertiary/aromatic N) is 1. The van der Waals surface area contributed by atoms with Gasteiger partial charge in [0.1, 0.15) is 18.5 Å². The predicted octanol–water partition coefficient (Wildman–Crippen LogP) is 3.70. The minimum atomic E-state index is -0.571. The molecule has 1 aromatic carbocycles. The first-order chi connectivity index (χ1) is 11.3. The van der Waals surface area contributed by atoms with E-state index in [0.717, 1.165) is 17.0 Å². The highest BCUT2D eigenvalue weighted by molar-refractivity contribution is 5.85. The first-order valence-corrected chi connectivity index (χ1v) is 8.10. The van der Waals surface area contributed by atoms with E-state index in [2.05, 4.69) is 31.2 Å². The van der Waals surface area contributed by atoms with E-state index in [1.165, 1.54) is 0 Å². The van der Waals surface area contributed by atoms with Crippen LogP contribution in [0.1, 0.15) is 37.8 Å². The molecule has 1 unspecified atom stereocenters. The zero-order valence-electron chi connectivity index (χ0n) is 15.2. The Morgan fingerprint density at radius 2 is 2.00 bits per heavy atom. The lowest BCUT2D eigenvalue weighted by Crippen LogP contribution is -2.42. The zero-order chi connectivity index (χ0) is 17.6. The van der Waals surface area contributed by atoms with Crippen molar-refractivity contribution >= 4 is 24.6 Å². The fourth-order valence-corrected chi connectivity index (χ4v) is 2.05. The summed E-state index contributed by atoms with van der Waals surface area (Å²) in [5.41, 5.74) is 1.73. The molecule has 2 rings (SSSR count). The van der Waals surface area contributed by atoms with Crippen molar-refractivity contribution in [3.05, 3.63) is 47.3 Å². The number of aryl methyl sites for hydroxylation is 1. The largest absolute Gasteiger partial charge is 0.490 e. The molecule has 138 valence electrons. The number of aromatic nitrogens is 1. The number of para-hydroxylation sites is 1. The zero-order valence-corrected chi connectivity index (χ0v) is 16.0. The molecule has 2 N–H and O–H groups in total. The fraction of sp³-hybridized carbons (Fsp3) is 0.421. The number of benzene rings is 1. The lowest BCUT2D eigenvalue weighted by Gasteiger charge is -2.23. The number of aliphatic hydroxyl groups is 1. The number of halogens is 1. The molecule has 0 fully saturated rings. The second kappa shape index (κ2) is 9.61. The van der Waals surface area contributed by atoms with Gasteiger partial charge in [0, 0.05) is 23.7 Å². The molecule has 0 aliphatic rings. The predicted molar refractivity (Wildman–Crippen MR) is 103 cm³/mol. The number of β-amino-alcohol motifs (C(OH)–C–C–N with tert-alkyl or cyclic N) is 1. The first-order valence-electron chi connectivity index (χ1n) is 8.10. The monoisotopic (exact) mass is 366 g/mol. The summed E-state index contributed by atoms with van der Waals surface area (Å²) in [5, 5.41) is 17.2. The van der Waals surface area contributed by atoms with Crippen LogP contribution in [0.2, 0.25) is 0 Å². The number of hydrogen-bond acceptors (Lipinski definition) is 5. The maximum Gasteiger partial charge on any atom is 0.159 e. The van der Waals surface area contributed by atoms with Gasteiger partial charge in [-0.1, -0.05) is 23.4 Å². The van der Waals surface area contributed by atoms with Crippen molar-refractivity contribution in [1.82, 2.24) is 10.5 Å². The first kappa shape index (κ1) is 21.2. The summed E-state index contributed by atoms with van der Waals surface area (Å²) in [7, 11) is 0. The summed E-state index contributed by atoms with van der Waals surface area (Å²) in [6.45, 7) is 8.78. The Bertz CT molecular complexity index is 677. The van der Waals surface area contributed by atoms with E-state index < -0.39 is 6.10 Å². The molecule has 1 heterocycles. The standard InChI is InChI=1S/C19H26N2O3.ClH/c1-14-11-17(24-21-14)10-9-15-7-5-6-8-18(15)23-13-16(22)12-20-19(2,3)4;/h5-11,16,20,22H,12-13H2,1-4H3;1H/b10-9-;. The molecular weight excluding hydrogens is 340 g/mol. The Morgan fingerprint density at radius 1 is 1.28 bits per heavy atom. The van der Waals surface area contributed by atoms with E-state index in [0.29, 0.717) is 12.3 Å². The molecule has 2 aromatic rings. The maximum absolute atomic E-state index is 10.0. The summed E-state index contributed by atoms with van der Waals surface area (Å²) < 4.78 is 10.9. The molecule has 5 nitrogen and oxygen atoms in total. The van der Waals surface area contributed by atoms with Crippen LogP contribution >= 0.6 is 12.4 Å². The van der Waals surface area contributed by atoms with E-state index in [9.17, 15) is 5.11 Å². The van der Waals surface area contributed by atoms with Gasteiger partial charge in [-0.3, -0.25) is 0 Å². The summed E-state index contributed by atoms with van der Waals surface area (Å²) >= 11 is 0. The highest BCUT2D eigenvalue weighted by atomic mass is 35.5. The van der Waals surface area contributed by atoms with Crippen LogP contribution in [0.4, 0.5) is 0 Å². The molecule has 1 aromatic heterocycles. The third-order valence-electron chi connectivity index (χ3n) is 3.29. The minimum Gasteiger partial charge on any atom is -0.490 e. The summed E-state index contributed by atoms with van der Waals surface area (Å²) in [6.07, 6.45) is 3.19. The van der Waals surface area contributed by atoms with Gasteiger partial charge in [0.25, 0.3) is 0 Å². The van der Waals surface area contributed by atoms with Crippen molar-refractivity contribution in [3.8, 4) is 5.75 Å². The Labute approximate surface area is 155 Å². The summed E-state index contributed by atoms with van der Waals surface area (Å²) in [5.74, 6) is 1.41. The molecule has 0 bridgehead atoms. The SMILES string of the molecule is Cc1cc(/C=C\c2ccccc2OCC(O)CNC(C)(C)C)on1.Cl. The second-order valence-electron chi connectivity index (χ2n) is 6.84. The van der Waals surface area contributed by atoms with Crippen LogP contribution in [-0.2, 0) is 0 Å². The van der Waals surface area contributed by atoms with Crippen LogP contribution in [0.5, 0.6) is 5.75 Å². The van der Waals surface area contributed by atoms with Gasteiger partial charge >= 0.3 is 0 Å². The van der Waals surface area contributed by atoms with Gasteiger partial charge in [-0.15, -0.1) is 12.4 Å². The van der Waals surface area contributed by atoms with E-state index in [4.69, 9.17) is 9.26 Å². The van der Waals surface area contributed by atoms with Crippen LogP contribution in [0.25, 0.3) is 12.2 Å². The van der Waals surface area contributed by atoms with Crippen molar-refractivity contribution in [1.29, 1.82) is 0 Å².